The summed E-state index contributed by atoms with van der Waals surface area (Å²) in [6, 6.07) is 0.588. The number of carbonyl (C=O) groups is 1. The number of nitrogens with zero attached hydrogens (tertiary/aromatic N) is 2. The fourth-order valence-electron chi connectivity index (χ4n) is 3.68. The van der Waals surface area contributed by atoms with E-state index in [0.29, 0.717) is 12.6 Å². The molecule has 3 aliphatic rings. The maximum atomic E-state index is 12.4. The molecule has 3 rings (SSSR count). The molecule has 0 spiro atoms. The SMILES string of the molecule is Cl.Cl.O=C(C1COCCN1)N1CCC(N2CCCCC2)CC1. The summed E-state index contributed by atoms with van der Waals surface area (Å²) in [5, 5.41) is 3.26. The van der Waals surface area contributed by atoms with Gasteiger partial charge in [-0.05, 0) is 38.8 Å². The van der Waals surface area contributed by atoms with E-state index in [9.17, 15) is 4.79 Å². The molecule has 0 aromatic carbocycles. The first-order valence-corrected chi connectivity index (χ1v) is 8.18. The number of morpholine rings is 1. The number of nitrogens with one attached hydrogen (secondary N) is 1. The van der Waals surface area contributed by atoms with E-state index in [2.05, 4.69) is 10.2 Å². The van der Waals surface area contributed by atoms with Gasteiger partial charge in [0, 0.05) is 25.7 Å². The molecule has 22 heavy (non-hydrogen) atoms. The van der Waals surface area contributed by atoms with E-state index in [1.165, 1.54) is 32.4 Å². The minimum Gasteiger partial charge on any atom is -0.378 e. The highest BCUT2D eigenvalue weighted by Gasteiger charge is 2.31. The molecular weight excluding hydrogens is 325 g/mol. The minimum absolute atomic E-state index is 0. The third kappa shape index (κ3) is 4.96. The van der Waals surface area contributed by atoms with Crippen molar-refractivity contribution < 1.29 is 9.53 Å². The standard InChI is InChI=1S/C15H27N3O2.2ClH/c19-15(14-12-20-11-6-16-14)18-9-4-13(5-10-18)17-7-2-1-3-8-17;;/h13-14,16H,1-12H2;2*1H. The molecule has 3 saturated heterocycles. The summed E-state index contributed by atoms with van der Waals surface area (Å²) in [4.78, 5) is 17.1. The quantitative estimate of drug-likeness (QED) is 0.812. The van der Waals surface area contributed by atoms with Crippen molar-refractivity contribution in [3.63, 3.8) is 0 Å². The maximum Gasteiger partial charge on any atom is 0.242 e. The molecule has 1 N–H and O–H groups in total. The zero-order valence-electron chi connectivity index (χ0n) is 13.2. The van der Waals surface area contributed by atoms with E-state index in [1.54, 1.807) is 0 Å². The monoisotopic (exact) mass is 353 g/mol. The fourth-order valence-corrected chi connectivity index (χ4v) is 3.68. The minimum atomic E-state index is -0.115. The van der Waals surface area contributed by atoms with Gasteiger partial charge in [-0.3, -0.25) is 4.79 Å². The molecule has 0 saturated carbocycles. The Bertz CT molecular complexity index is 327. The Morgan fingerprint density at radius 1 is 1.00 bits per heavy atom. The number of piperidine rings is 2. The lowest BCUT2D eigenvalue weighted by Gasteiger charge is -2.41. The van der Waals surface area contributed by atoms with Crippen molar-refractivity contribution in [1.29, 1.82) is 0 Å². The summed E-state index contributed by atoms with van der Waals surface area (Å²) in [6.07, 6.45) is 6.37. The van der Waals surface area contributed by atoms with Gasteiger partial charge in [-0.15, -0.1) is 24.8 Å². The molecule has 0 aliphatic carbocycles. The number of amides is 1. The number of ether oxygens (including phenoxy) is 1. The second-order valence-corrected chi connectivity index (χ2v) is 6.23. The van der Waals surface area contributed by atoms with Crippen LogP contribution in [-0.4, -0.2) is 73.7 Å². The maximum absolute atomic E-state index is 12.4. The molecule has 3 heterocycles. The molecule has 5 nitrogen and oxygen atoms in total. The van der Waals surface area contributed by atoms with E-state index in [1.807, 2.05) is 4.90 Å². The number of halogens is 2. The van der Waals surface area contributed by atoms with Crippen molar-refractivity contribution in [2.75, 3.05) is 45.9 Å². The molecule has 1 atom stereocenters. The molecule has 3 fully saturated rings. The Balaban J connectivity index is 0.00000121. The zero-order chi connectivity index (χ0) is 13.8. The van der Waals surface area contributed by atoms with Gasteiger partial charge in [-0.25, -0.2) is 0 Å². The Kier molecular flexibility index (Phi) is 9.02. The van der Waals surface area contributed by atoms with Crippen LogP contribution in [0, 0.1) is 0 Å². The number of rotatable bonds is 2. The number of carbonyl (C=O) groups excluding carboxylic acids is 1. The average molecular weight is 354 g/mol. The van der Waals surface area contributed by atoms with Crippen LogP contribution in [0.2, 0.25) is 0 Å². The van der Waals surface area contributed by atoms with Gasteiger partial charge in [-0.1, -0.05) is 6.42 Å². The third-order valence-electron chi connectivity index (χ3n) is 4.90. The van der Waals surface area contributed by atoms with Gasteiger partial charge in [0.1, 0.15) is 6.04 Å². The van der Waals surface area contributed by atoms with Crippen LogP contribution in [0.5, 0.6) is 0 Å². The molecule has 1 unspecified atom stereocenters. The van der Waals surface area contributed by atoms with Crippen LogP contribution in [-0.2, 0) is 9.53 Å². The van der Waals surface area contributed by atoms with Gasteiger partial charge < -0.3 is 19.9 Å². The zero-order valence-corrected chi connectivity index (χ0v) is 14.8. The van der Waals surface area contributed by atoms with Crippen molar-refractivity contribution in [3.05, 3.63) is 0 Å². The smallest absolute Gasteiger partial charge is 0.242 e. The van der Waals surface area contributed by atoms with Crippen molar-refractivity contribution in [2.24, 2.45) is 0 Å². The lowest BCUT2D eigenvalue weighted by molar-refractivity contribution is -0.138. The molecule has 7 heteroatoms. The molecule has 1 amide bonds. The topological polar surface area (TPSA) is 44.8 Å². The second-order valence-electron chi connectivity index (χ2n) is 6.23. The van der Waals surface area contributed by atoms with Crippen molar-refractivity contribution in [3.8, 4) is 0 Å². The molecular formula is C15H29Cl2N3O2. The van der Waals surface area contributed by atoms with Crippen LogP contribution in [0.3, 0.4) is 0 Å². The summed E-state index contributed by atoms with van der Waals surface area (Å²) in [6.45, 7) is 6.40. The van der Waals surface area contributed by atoms with E-state index in [0.717, 1.165) is 39.1 Å². The van der Waals surface area contributed by atoms with Crippen LogP contribution in [0.25, 0.3) is 0 Å². The molecule has 3 aliphatic heterocycles. The average Bonchev–Trinajstić information content (AvgIpc) is 2.56. The Hall–Kier alpha value is -0.0700. The largest absolute Gasteiger partial charge is 0.378 e. The number of hydrogen-bond acceptors (Lipinski definition) is 4. The predicted octanol–water partition coefficient (Wildman–Crippen LogP) is 1.30. The van der Waals surface area contributed by atoms with Crippen LogP contribution in [0.15, 0.2) is 0 Å². The van der Waals surface area contributed by atoms with E-state index < -0.39 is 0 Å². The van der Waals surface area contributed by atoms with Gasteiger partial charge in [0.2, 0.25) is 5.91 Å². The fraction of sp³-hybridized carbons (Fsp3) is 0.933. The van der Waals surface area contributed by atoms with Crippen LogP contribution < -0.4 is 5.32 Å². The van der Waals surface area contributed by atoms with Crippen molar-refractivity contribution in [1.82, 2.24) is 15.1 Å². The van der Waals surface area contributed by atoms with Gasteiger partial charge in [0.25, 0.3) is 0 Å². The second kappa shape index (κ2) is 9.93. The van der Waals surface area contributed by atoms with Crippen LogP contribution >= 0.6 is 24.8 Å². The first-order valence-electron chi connectivity index (χ1n) is 8.18. The van der Waals surface area contributed by atoms with Gasteiger partial charge in [0.05, 0.1) is 13.2 Å². The van der Waals surface area contributed by atoms with Gasteiger partial charge >= 0.3 is 0 Å². The normalized spacial score (nSPS) is 27.6. The summed E-state index contributed by atoms with van der Waals surface area (Å²) < 4.78 is 5.39. The van der Waals surface area contributed by atoms with Crippen molar-refractivity contribution >= 4 is 30.7 Å². The Morgan fingerprint density at radius 2 is 1.68 bits per heavy atom. The lowest BCUT2D eigenvalue weighted by Crippen LogP contribution is -2.55. The first kappa shape index (κ1) is 20.0. The van der Waals surface area contributed by atoms with Crippen LogP contribution in [0.4, 0.5) is 0 Å². The number of hydrogen-bond donors (Lipinski definition) is 1. The highest BCUT2D eigenvalue weighted by molar-refractivity contribution is 5.85. The summed E-state index contributed by atoms with van der Waals surface area (Å²) in [5.74, 6) is 0.238. The molecule has 0 aromatic heterocycles. The summed E-state index contributed by atoms with van der Waals surface area (Å²) >= 11 is 0. The van der Waals surface area contributed by atoms with E-state index >= 15 is 0 Å². The summed E-state index contributed by atoms with van der Waals surface area (Å²) in [7, 11) is 0. The lowest BCUT2D eigenvalue weighted by atomic mass is 9.99. The van der Waals surface area contributed by atoms with Crippen molar-refractivity contribution in [2.45, 2.75) is 44.2 Å². The Labute approximate surface area is 145 Å². The predicted molar refractivity (Wildman–Crippen MR) is 92.1 cm³/mol. The summed E-state index contributed by atoms with van der Waals surface area (Å²) in [5.41, 5.74) is 0. The van der Waals surface area contributed by atoms with Gasteiger partial charge in [0.15, 0.2) is 0 Å². The highest BCUT2D eigenvalue weighted by atomic mass is 35.5. The Morgan fingerprint density at radius 3 is 2.27 bits per heavy atom. The number of likely N-dealkylation sites (tertiary alicyclic amines) is 2. The van der Waals surface area contributed by atoms with Crippen LogP contribution in [0.1, 0.15) is 32.1 Å². The first-order chi connectivity index (χ1) is 9.84. The highest BCUT2D eigenvalue weighted by Crippen LogP contribution is 2.21. The van der Waals surface area contributed by atoms with Gasteiger partial charge in [-0.2, -0.15) is 0 Å². The molecule has 0 radical (unpaired) electrons. The molecule has 0 bridgehead atoms. The van der Waals surface area contributed by atoms with E-state index in [4.69, 9.17) is 4.74 Å². The third-order valence-corrected chi connectivity index (χ3v) is 4.90. The molecule has 0 aromatic rings. The molecule has 130 valence electrons. The van der Waals surface area contributed by atoms with E-state index in [-0.39, 0.29) is 36.8 Å².